The summed E-state index contributed by atoms with van der Waals surface area (Å²) in [4.78, 5) is 12.7. The first kappa shape index (κ1) is 15.8. The fraction of sp³-hybridized carbons (Fsp3) is 0.118. The molecule has 0 radical (unpaired) electrons. The summed E-state index contributed by atoms with van der Waals surface area (Å²) in [6.07, 6.45) is 0. The van der Waals surface area contributed by atoms with Gasteiger partial charge in [-0.25, -0.2) is 4.39 Å². The number of amides is 1. The Hall–Kier alpha value is -2.11. The Labute approximate surface area is 141 Å². The maximum atomic E-state index is 13.3. The topological polar surface area (TPSA) is 38.3 Å². The molecular weight excluding hydrogens is 337 g/mol. The van der Waals surface area contributed by atoms with Gasteiger partial charge < -0.3 is 10.1 Å². The van der Waals surface area contributed by atoms with E-state index in [4.69, 9.17) is 16.3 Å². The van der Waals surface area contributed by atoms with Crippen molar-refractivity contribution < 1.29 is 13.9 Å². The van der Waals surface area contributed by atoms with E-state index in [2.05, 4.69) is 5.32 Å². The van der Waals surface area contributed by atoms with Crippen LogP contribution in [0.4, 0.5) is 4.39 Å². The van der Waals surface area contributed by atoms with Crippen molar-refractivity contribution in [2.45, 2.75) is 6.54 Å². The quantitative estimate of drug-likeness (QED) is 0.745. The van der Waals surface area contributed by atoms with Gasteiger partial charge in [-0.2, -0.15) is 0 Å². The number of benzene rings is 2. The highest BCUT2D eigenvalue weighted by molar-refractivity contribution is 7.21. The minimum absolute atomic E-state index is 0.278. The van der Waals surface area contributed by atoms with Crippen molar-refractivity contribution in [2.24, 2.45) is 0 Å². The zero-order valence-electron chi connectivity index (χ0n) is 12.2. The summed E-state index contributed by atoms with van der Waals surface area (Å²) >= 11 is 7.42. The highest BCUT2D eigenvalue weighted by atomic mass is 35.5. The molecule has 0 aliphatic heterocycles. The number of methoxy groups -OCH3 is 1. The Balaban J connectivity index is 1.79. The molecule has 1 heterocycles. The van der Waals surface area contributed by atoms with Gasteiger partial charge in [0.15, 0.2) is 0 Å². The van der Waals surface area contributed by atoms with E-state index in [1.807, 2.05) is 24.3 Å². The van der Waals surface area contributed by atoms with E-state index in [9.17, 15) is 9.18 Å². The number of carbonyl (C=O) groups excluding carboxylic acids is 1. The summed E-state index contributed by atoms with van der Waals surface area (Å²) in [6, 6.07) is 11.7. The minimum atomic E-state index is -0.348. The van der Waals surface area contributed by atoms with Crippen molar-refractivity contribution >= 4 is 38.9 Å². The molecule has 0 fully saturated rings. The van der Waals surface area contributed by atoms with Crippen molar-refractivity contribution in [2.75, 3.05) is 7.11 Å². The van der Waals surface area contributed by atoms with Gasteiger partial charge in [0.2, 0.25) is 0 Å². The Kier molecular flexibility index (Phi) is 4.50. The Morgan fingerprint density at radius 1 is 1.30 bits per heavy atom. The number of nitrogens with one attached hydrogen (secondary N) is 1. The molecule has 1 amide bonds. The van der Waals surface area contributed by atoms with Gasteiger partial charge >= 0.3 is 0 Å². The maximum absolute atomic E-state index is 13.3. The van der Waals surface area contributed by atoms with Gasteiger partial charge in [-0.15, -0.1) is 11.3 Å². The zero-order chi connectivity index (χ0) is 16.4. The van der Waals surface area contributed by atoms with Gasteiger partial charge in [-0.05, 0) is 35.9 Å². The van der Waals surface area contributed by atoms with E-state index < -0.39 is 0 Å². The van der Waals surface area contributed by atoms with Crippen LogP contribution in [0.5, 0.6) is 5.75 Å². The number of thiophene rings is 1. The second kappa shape index (κ2) is 6.56. The summed E-state index contributed by atoms with van der Waals surface area (Å²) < 4.78 is 19.1. The number of ether oxygens (including phenoxy) is 1. The molecule has 0 spiro atoms. The summed E-state index contributed by atoms with van der Waals surface area (Å²) in [5, 5.41) is 3.86. The van der Waals surface area contributed by atoms with Crippen LogP contribution in [-0.2, 0) is 6.54 Å². The molecule has 0 saturated carbocycles. The highest BCUT2D eigenvalue weighted by Gasteiger charge is 2.17. The van der Waals surface area contributed by atoms with Crippen LogP contribution in [0.15, 0.2) is 42.5 Å². The molecule has 0 aliphatic rings. The summed E-state index contributed by atoms with van der Waals surface area (Å²) in [6.45, 7) is 0.356. The largest absolute Gasteiger partial charge is 0.497 e. The molecule has 2 aromatic carbocycles. The van der Waals surface area contributed by atoms with E-state index in [1.165, 1.54) is 23.5 Å². The lowest BCUT2D eigenvalue weighted by Crippen LogP contribution is -2.22. The normalized spacial score (nSPS) is 10.7. The molecule has 6 heteroatoms. The van der Waals surface area contributed by atoms with E-state index in [-0.39, 0.29) is 11.7 Å². The fourth-order valence-corrected chi connectivity index (χ4v) is 3.69. The number of hydrogen-bond donors (Lipinski definition) is 1. The molecule has 3 nitrogen and oxygen atoms in total. The maximum Gasteiger partial charge on any atom is 0.263 e. The van der Waals surface area contributed by atoms with Crippen molar-refractivity contribution in [3.8, 4) is 5.75 Å². The third-order valence-corrected chi connectivity index (χ3v) is 5.04. The van der Waals surface area contributed by atoms with Crippen molar-refractivity contribution in [1.82, 2.24) is 5.32 Å². The molecule has 3 rings (SSSR count). The smallest absolute Gasteiger partial charge is 0.263 e. The van der Waals surface area contributed by atoms with Crippen molar-refractivity contribution in [3.63, 3.8) is 0 Å². The van der Waals surface area contributed by atoms with E-state index in [0.717, 1.165) is 11.3 Å². The van der Waals surface area contributed by atoms with E-state index in [1.54, 1.807) is 13.2 Å². The lowest BCUT2D eigenvalue weighted by atomic mass is 10.2. The number of fused-ring (bicyclic) bond motifs is 1. The van der Waals surface area contributed by atoms with E-state index >= 15 is 0 Å². The molecule has 0 unspecified atom stereocenters. The second-order valence-electron chi connectivity index (χ2n) is 4.92. The Morgan fingerprint density at radius 2 is 2.13 bits per heavy atom. The van der Waals surface area contributed by atoms with Gasteiger partial charge in [0.05, 0.1) is 12.1 Å². The van der Waals surface area contributed by atoms with Crippen LogP contribution >= 0.6 is 22.9 Å². The average Bonchev–Trinajstić information content (AvgIpc) is 2.89. The van der Waals surface area contributed by atoms with Crippen molar-refractivity contribution in [3.05, 3.63) is 63.7 Å². The summed E-state index contributed by atoms with van der Waals surface area (Å²) in [5.41, 5.74) is 0.918. The third-order valence-electron chi connectivity index (χ3n) is 3.38. The van der Waals surface area contributed by atoms with Crippen molar-refractivity contribution in [1.29, 1.82) is 0 Å². The molecule has 1 N–H and O–H groups in total. The molecule has 118 valence electrons. The predicted octanol–water partition coefficient (Wildman–Crippen LogP) is 4.63. The highest BCUT2D eigenvalue weighted by Crippen LogP contribution is 2.35. The standard InChI is InChI=1S/C17H13ClFNO2S/c1-22-12-4-2-3-10(7-12)9-20-17(21)16-15(18)13-6-5-11(19)8-14(13)23-16/h2-8H,9H2,1H3,(H,20,21). The molecule has 0 aliphatic carbocycles. The predicted molar refractivity (Wildman–Crippen MR) is 91.0 cm³/mol. The first-order chi connectivity index (χ1) is 11.1. The number of rotatable bonds is 4. The van der Waals surface area contributed by atoms with Crippen LogP contribution in [0, 0.1) is 5.82 Å². The molecule has 3 aromatic rings. The monoisotopic (exact) mass is 349 g/mol. The van der Waals surface area contributed by atoms with Crippen LogP contribution in [0.25, 0.3) is 10.1 Å². The minimum Gasteiger partial charge on any atom is -0.497 e. The van der Waals surface area contributed by atoms with E-state index in [0.29, 0.717) is 26.5 Å². The van der Waals surface area contributed by atoms with Gasteiger partial charge in [0.25, 0.3) is 5.91 Å². The average molecular weight is 350 g/mol. The fourth-order valence-electron chi connectivity index (χ4n) is 2.23. The number of carbonyl (C=O) groups is 1. The number of halogens is 2. The number of hydrogen-bond acceptors (Lipinski definition) is 3. The lowest BCUT2D eigenvalue weighted by Gasteiger charge is -2.06. The van der Waals surface area contributed by atoms with Crippen LogP contribution in [0.2, 0.25) is 5.02 Å². The first-order valence-electron chi connectivity index (χ1n) is 6.87. The van der Waals surface area contributed by atoms with Gasteiger partial charge in [-0.1, -0.05) is 23.7 Å². The summed E-state index contributed by atoms with van der Waals surface area (Å²) in [7, 11) is 1.59. The van der Waals surface area contributed by atoms with Crippen LogP contribution in [0.3, 0.4) is 0 Å². The first-order valence-corrected chi connectivity index (χ1v) is 8.06. The third kappa shape index (κ3) is 3.30. The molecule has 0 bridgehead atoms. The Morgan fingerprint density at radius 3 is 2.91 bits per heavy atom. The molecule has 1 aromatic heterocycles. The summed E-state index contributed by atoms with van der Waals surface area (Å²) in [5.74, 6) is 0.102. The molecule has 0 atom stereocenters. The zero-order valence-corrected chi connectivity index (χ0v) is 13.8. The van der Waals surface area contributed by atoms with Gasteiger partial charge in [-0.3, -0.25) is 4.79 Å². The Bertz CT molecular complexity index is 878. The second-order valence-corrected chi connectivity index (χ2v) is 6.35. The van der Waals surface area contributed by atoms with Crippen LogP contribution in [0.1, 0.15) is 15.2 Å². The lowest BCUT2D eigenvalue weighted by molar-refractivity contribution is 0.0955. The molecule has 0 saturated heterocycles. The van der Waals surface area contributed by atoms with Gasteiger partial charge in [0, 0.05) is 16.6 Å². The van der Waals surface area contributed by atoms with Gasteiger partial charge in [0.1, 0.15) is 16.4 Å². The SMILES string of the molecule is COc1cccc(CNC(=O)c2sc3cc(F)ccc3c2Cl)c1. The van der Waals surface area contributed by atoms with Crippen LogP contribution < -0.4 is 10.1 Å². The van der Waals surface area contributed by atoms with Crippen LogP contribution in [-0.4, -0.2) is 13.0 Å². The molecular formula is C17H13ClFNO2S. The molecule has 23 heavy (non-hydrogen) atoms.